The molecule has 2 aromatic carbocycles. The molecule has 0 radical (unpaired) electrons. The maximum absolute atomic E-state index is 13.1. The molecule has 0 unspecified atom stereocenters. The molecule has 5 nitrogen and oxygen atoms in total. The summed E-state index contributed by atoms with van der Waals surface area (Å²) >= 11 is 1.37. The number of rotatable bonds is 5. The predicted octanol–water partition coefficient (Wildman–Crippen LogP) is 4.75. The van der Waals surface area contributed by atoms with Gasteiger partial charge in [-0.1, -0.05) is 55.8 Å². The Labute approximate surface area is 181 Å². The van der Waals surface area contributed by atoms with Gasteiger partial charge in [0.15, 0.2) is 5.16 Å². The Balaban J connectivity index is 1.63. The lowest BCUT2D eigenvalue weighted by molar-refractivity contribution is -0.121. The smallest absolute Gasteiger partial charge is 0.262 e. The zero-order chi connectivity index (χ0) is 21.3. The minimum atomic E-state index is -0.318. The van der Waals surface area contributed by atoms with Crippen molar-refractivity contribution in [2.75, 3.05) is 0 Å². The molecule has 1 N–H and O–H groups in total. The molecule has 1 fully saturated rings. The lowest BCUT2D eigenvalue weighted by Crippen LogP contribution is -2.44. The molecule has 158 valence electrons. The van der Waals surface area contributed by atoms with Crippen molar-refractivity contribution in [1.29, 1.82) is 0 Å². The molecule has 6 heteroatoms. The van der Waals surface area contributed by atoms with E-state index in [1.807, 2.05) is 50.2 Å². The summed E-state index contributed by atoms with van der Waals surface area (Å²) in [6, 6.07) is 12.1. The zero-order valence-electron chi connectivity index (χ0n) is 17.9. The highest BCUT2D eigenvalue weighted by Crippen LogP contribution is 2.27. The number of aromatic nitrogens is 2. The third-order valence-electron chi connectivity index (χ3n) is 6.19. The first-order valence-corrected chi connectivity index (χ1v) is 11.8. The van der Waals surface area contributed by atoms with E-state index in [0.717, 1.165) is 17.2 Å². The van der Waals surface area contributed by atoms with Crippen molar-refractivity contribution in [2.24, 2.45) is 5.92 Å². The van der Waals surface area contributed by atoms with Gasteiger partial charge in [-0.15, -0.1) is 0 Å². The molecule has 1 aliphatic carbocycles. The molecule has 1 heterocycles. The van der Waals surface area contributed by atoms with Gasteiger partial charge in [-0.2, -0.15) is 0 Å². The molecule has 0 bridgehead atoms. The average molecular weight is 424 g/mol. The Morgan fingerprint density at radius 3 is 2.63 bits per heavy atom. The number of nitrogens with one attached hydrogen (secondary N) is 1. The van der Waals surface area contributed by atoms with Gasteiger partial charge in [-0.3, -0.25) is 14.2 Å². The zero-order valence-corrected chi connectivity index (χ0v) is 18.7. The second kappa shape index (κ2) is 8.80. The van der Waals surface area contributed by atoms with Crippen molar-refractivity contribution in [2.45, 2.75) is 69.4 Å². The van der Waals surface area contributed by atoms with Crippen LogP contribution in [0.15, 0.2) is 46.3 Å². The van der Waals surface area contributed by atoms with Gasteiger partial charge >= 0.3 is 0 Å². The molecule has 30 heavy (non-hydrogen) atoms. The summed E-state index contributed by atoms with van der Waals surface area (Å²) in [7, 11) is 0. The molecule has 1 aliphatic rings. The third kappa shape index (κ3) is 4.10. The highest BCUT2D eigenvalue weighted by Gasteiger charge is 2.26. The summed E-state index contributed by atoms with van der Waals surface area (Å²) in [5, 5.41) is 6.21. The highest BCUT2D eigenvalue weighted by molar-refractivity contribution is 8.00. The number of amides is 1. The summed E-state index contributed by atoms with van der Waals surface area (Å²) in [5.41, 5.74) is 0.628. The van der Waals surface area contributed by atoms with Crippen LogP contribution in [0.5, 0.6) is 0 Å². The quantitative estimate of drug-likeness (QED) is 0.366. The van der Waals surface area contributed by atoms with Crippen molar-refractivity contribution in [1.82, 2.24) is 14.9 Å². The van der Waals surface area contributed by atoms with Crippen LogP contribution in [-0.2, 0) is 11.3 Å². The molecule has 0 aliphatic heterocycles. The van der Waals surface area contributed by atoms with Crippen LogP contribution in [0.1, 0.15) is 46.5 Å². The molecule has 1 saturated carbocycles. The maximum atomic E-state index is 13.1. The number of benzene rings is 2. The van der Waals surface area contributed by atoms with Crippen LogP contribution in [0.3, 0.4) is 0 Å². The molecule has 0 spiro atoms. The Bertz CT molecular complexity index is 1140. The molecule has 3 atom stereocenters. The Morgan fingerprint density at radius 2 is 1.93 bits per heavy atom. The monoisotopic (exact) mass is 423 g/mol. The molecular weight excluding hydrogens is 394 g/mol. The van der Waals surface area contributed by atoms with Crippen molar-refractivity contribution in [3.63, 3.8) is 0 Å². The number of hydrogen-bond donors (Lipinski definition) is 1. The minimum absolute atomic E-state index is 0.0225. The fourth-order valence-electron chi connectivity index (χ4n) is 4.30. The van der Waals surface area contributed by atoms with Crippen molar-refractivity contribution in [3.05, 3.63) is 46.8 Å². The van der Waals surface area contributed by atoms with Gasteiger partial charge in [-0.25, -0.2) is 4.98 Å². The Kier molecular flexibility index (Phi) is 6.14. The first-order valence-electron chi connectivity index (χ1n) is 10.9. The van der Waals surface area contributed by atoms with E-state index in [2.05, 4.69) is 12.2 Å². The number of carbonyl (C=O) groups excluding carboxylic acids is 1. The van der Waals surface area contributed by atoms with Crippen LogP contribution in [-0.4, -0.2) is 26.8 Å². The predicted molar refractivity (Wildman–Crippen MR) is 124 cm³/mol. The average Bonchev–Trinajstić information content (AvgIpc) is 2.74. The third-order valence-corrected chi connectivity index (χ3v) is 7.28. The fourth-order valence-corrected chi connectivity index (χ4v) is 5.28. The number of nitrogens with zero attached hydrogens (tertiary/aromatic N) is 2. The van der Waals surface area contributed by atoms with Crippen molar-refractivity contribution >= 4 is 39.3 Å². The number of fused-ring (bicyclic) bond motifs is 2. The van der Waals surface area contributed by atoms with Gasteiger partial charge in [0.1, 0.15) is 0 Å². The van der Waals surface area contributed by atoms with Gasteiger partial charge in [0.25, 0.3) is 5.56 Å². The van der Waals surface area contributed by atoms with E-state index in [-0.39, 0.29) is 22.8 Å². The van der Waals surface area contributed by atoms with Crippen molar-refractivity contribution < 1.29 is 4.79 Å². The van der Waals surface area contributed by atoms with E-state index in [1.165, 1.54) is 31.0 Å². The molecule has 1 aromatic heterocycles. The first-order chi connectivity index (χ1) is 14.5. The molecule has 3 aromatic rings. The summed E-state index contributed by atoms with van der Waals surface area (Å²) in [5.74, 6) is 0.537. The second-order valence-electron chi connectivity index (χ2n) is 8.30. The summed E-state index contributed by atoms with van der Waals surface area (Å²) < 4.78 is 1.68. The lowest BCUT2D eigenvalue weighted by atomic mass is 9.86. The highest BCUT2D eigenvalue weighted by atomic mass is 32.2. The van der Waals surface area contributed by atoms with E-state index < -0.39 is 0 Å². The number of carbonyl (C=O) groups is 1. The summed E-state index contributed by atoms with van der Waals surface area (Å²) in [4.78, 5) is 30.8. The van der Waals surface area contributed by atoms with E-state index in [9.17, 15) is 9.59 Å². The minimum Gasteiger partial charge on any atom is -0.352 e. The van der Waals surface area contributed by atoms with Crippen LogP contribution in [0, 0.1) is 5.92 Å². The second-order valence-corrected chi connectivity index (χ2v) is 9.61. The number of thioether (sulfide) groups is 1. The van der Waals surface area contributed by atoms with Crippen LogP contribution < -0.4 is 10.9 Å². The van der Waals surface area contributed by atoms with Crippen LogP contribution in [0.25, 0.3) is 21.7 Å². The Hall–Kier alpha value is -2.34. The molecular formula is C24H29N3O2S. The molecule has 4 rings (SSSR count). The maximum Gasteiger partial charge on any atom is 0.262 e. The van der Waals surface area contributed by atoms with Crippen molar-refractivity contribution in [3.8, 4) is 0 Å². The summed E-state index contributed by atoms with van der Waals surface area (Å²) in [6.07, 6.45) is 4.63. The largest absolute Gasteiger partial charge is 0.352 e. The van der Waals surface area contributed by atoms with Gasteiger partial charge in [0, 0.05) is 12.6 Å². The number of hydrogen-bond acceptors (Lipinski definition) is 4. The normalized spacial score (nSPS) is 20.4. The van der Waals surface area contributed by atoms with Crippen LogP contribution in [0.4, 0.5) is 0 Å². The van der Waals surface area contributed by atoms with Gasteiger partial charge in [0.2, 0.25) is 5.91 Å². The summed E-state index contributed by atoms with van der Waals surface area (Å²) in [6.45, 7) is 6.56. The van der Waals surface area contributed by atoms with Crippen LogP contribution >= 0.6 is 11.8 Å². The van der Waals surface area contributed by atoms with E-state index in [1.54, 1.807) is 4.57 Å². The standard InChI is InChI=1S/C24H29N3O2S/c1-4-27-23(29)19-13-17-10-6-7-11-18(17)14-21(19)26-24(27)30-16(3)22(28)25-20-12-8-5-9-15(20)2/h6-7,10-11,13-16,20H,4-5,8-9,12H2,1-3H3,(H,25,28)/t15-,16-,20-/m0/s1. The van der Waals surface area contributed by atoms with E-state index in [4.69, 9.17) is 4.98 Å². The lowest BCUT2D eigenvalue weighted by Gasteiger charge is -2.30. The molecule has 0 saturated heterocycles. The van der Waals surface area contributed by atoms with E-state index >= 15 is 0 Å². The van der Waals surface area contributed by atoms with Gasteiger partial charge in [-0.05, 0) is 55.5 Å². The fraction of sp³-hybridized carbons (Fsp3) is 0.458. The van der Waals surface area contributed by atoms with Gasteiger partial charge < -0.3 is 5.32 Å². The molecule has 1 amide bonds. The first kappa shape index (κ1) is 20.9. The van der Waals surface area contributed by atoms with E-state index in [0.29, 0.717) is 28.5 Å². The van der Waals surface area contributed by atoms with Crippen LogP contribution in [0.2, 0.25) is 0 Å². The van der Waals surface area contributed by atoms with Gasteiger partial charge in [0.05, 0.1) is 16.2 Å². The SMILES string of the molecule is CCn1c(S[C@@H](C)C(=O)N[C@H]2CCCC[C@@H]2C)nc2cc3ccccc3cc2c1=O. The topological polar surface area (TPSA) is 64.0 Å². The Morgan fingerprint density at radius 1 is 1.23 bits per heavy atom.